The van der Waals surface area contributed by atoms with Gasteiger partial charge in [-0.2, -0.15) is 0 Å². The summed E-state index contributed by atoms with van der Waals surface area (Å²) in [7, 11) is 0. The minimum atomic E-state index is -0.664. The van der Waals surface area contributed by atoms with E-state index in [0.29, 0.717) is 25.9 Å². The first-order valence-electron chi connectivity index (χ1n) is 36.1. The number of nitrogens with one attached hydrogen (secondary N) is 1. The topological polar surface area (TPSA) is 95.9 Å². The fourth-order valence-corrected chi connectivity index (χ4v) is 11.5. The summed E-state index contributed by atoms with van der Waals surface area (Å²) in [4.78, 5) is 24.6. The maximum absolute atomic E-state index is 12.6. The standard InChI is InChI=1S/C73H141NO5/c1-3-5-7-9-11-13-15-17-19-21-22-28-31-34-37-41-45-49-53-57-61-65-71(76)70(69-75)74-72(77)66-62-58-54-50-46-42-38-35-32-29-26-24-23-25-27-30-33-36-40-44-48-52-56-60-64-68-79-73(78)67-63-59-55-51-47-43-39-20-18-16-14-12-10-8-6-4-2/h14,16,20,39,70-71,75-76H,3-13,15,17-19,21-38,40-69H2,1-2H3,(H,74,77)/b16-14-,39-20-. The first kappa shape index (κ1) is 77.3. The highest BCUT2D eigenvalue weighted by Crippen LogP contribution is 2.19. The molecule has 6 nitrogen and oxygen atoms in total. The summed E-state index contributed by atoms with van der Waals surface area (Å²) in [5.74, 6) is -0.0249. The minimum Gasteiger partial charge on any atom is -0.466 e. The van der Waals surface area contributed by atoms with Crippen molar-refractivity contribution in [2.24, 2.45) is 0 Å². The Morgan fingerprint density at radius 3 is 0.975 bits per heavy atom. The van der Waals surface area contributed by atoms with Crippen molar-refractivity contribution in [3.8, 4) is 0 Å². The molecule has 0 heterocycles. The van der Waals surface area contributed by atoms with Gasteiger partial charge in [-0.05, 0) is 57.8 Å². The van der Waals surface area contributed by atoms with Crippen molar-refractivity contribution < 1.29 is 24.5 Å². The summed E-state index contributed by atoms with van der Waals surface area (Å²) in [6.45, 7) is 4.97. The van der Waals surface area contributed by atoms with Gasteiger partial charge in [-0.1, -0.05) is 359 Å². The molecule has 0 spiro atoms. The summed E-state index contributed by atoms with van der Waals surface area (Å²) in [5, 5.41) is 23.4. The van der Waals surface area contributed by atoms with Crippen molar-refractivity contribution in [3.63, 3.8) is 0 Å². The number of carbonyl (C=O) groups is 2. The molecule has 0 radical (unpaired) electrons. The SMILES string of the molecule is CCCCCC/C=C\C/C=C\CCCCCCCC(=O)OCCCCCCCCCCCCCCCCCCCCCCCCCCCC(=O)NC(CO)C(O)CCCCCCCCCCCCCCCCCCCCCCC. The van der Waals surface area contributed by atoms with Crippen LogP contribution in [0.15, 0.2) is 24.3 Å². The molecule has 0 aromatic heterocycles. The predicted octanol–water partition coefficient (Wildman–Crippen LogP) is 23.3. The summed E-state index contributed by atoms with van der Waals surface area (Å²) in [6, 6.07) is -0.541. The molecule has 0 aromatic carbocycles. The first-order valence-corrected chi connectivity index (χ1v) is 36.1. The van der Waals surface area contributed by atoms with Gasteiger partial charge in [-0.3, -0.25) is 9.59 Å². The molecule has 0 saturated heterocycles. The number of hydrogen-bond donors (Lipinski definition) is 3. The van der Waals surface area contributed by atoms with E-state index in [4.69, 9.17) is 4.74 Å². The van der Waals surface area contributed by atoms with E-state index in [1.54, 1.807) is 0 Å². The third kappa shape index (κ3) is 65.4. The first-order chi connectivity index (χ1) is 39.0. The van der Waals surface area contributed by atoms with Gasteiger partial charge in [-0.25, -0.2) is 0 Å². The smallest absolute Gasteiger partial charge is 0.305 e. The van der Waals surface area contributed by atoms with Crippen molar-refractivity contribution in [1.82, 2.24) is 5.32 Å². The van der Waals surface area contributed by atoms with E-state index in [1.165, 1.54) is 321 Å². The van der Waals surface area contributed by atoms with Gasteiger partial charge < -0.3 is 20.3 Å². The van der Waals surface area contributed by atoms with Gasteiger partial charge in [-0.15, -0.1) is 0 Å². The minimum absolute atomic E-state index is 0.00386. The maximum atomic E-state index is 12.6. The lowest BCUT2D eigenvalue weighted by Gasteiger charge is -2.22. The van der Waals surface area contributed by atoms with Crippen LogP contribution >= 0.6 is 0 Å². The highest BCUT2D eigenvalue weighted by Gasteiger charge is 2.20. The molecule has 2 unspecified atom stereocenters. The number of esters is 1. The largest absolute Gasteiger partial charge is 0.466 e. The van der Waals surface area contributed by atoms with Crippen LogP contribution in [0.2, 0.25) is 0 Å². The summed E-state index contributed by atoms with van der Waals surface area (Å²) < 4.78 is 5.49. The van der Waals surface area contributed by atoms with E-state index in [2.05, 4.69) is 43.5 Å². The number of hydrogen-bond acceptors (Lipinski definition) is 5. The number of amides is 1. The van der Waals surface area contributed by atoms with Gasteiger partial charge in [0.1, 0.15) is 0 Å². The second kappa shape index (κ2) is 68.8. The van der Waals surface area contributed by atoms with Crippen molar-refractivity contribution in [2.75, 3.05) is 13.2 Å². The van der Waals surface area contributed by atoms with E-state index in [1.807, 2.05) is 0 Å². The molecule has 0 aliphatic rings. The normalized spacial score (nSPS) is 12.6. The zero-order chi connectivity index (χ0) is 57.1. The Morgan fingerprint density at radius 2 is 0.633 bits per heavy atom. The van der Waals surface area contributed by atoms with Crippen LogP contribution in [0.3, 0.4) is 0 Å². The van der Waals surface area contributed by atoms with Gasteiger partial charge in [0.15, 0.2) is 0 Å². The van der Waals surface area contributed by atoms with Crippen LogP contribution in [0.25, 0.3) is 0 Å². The molecule has 0 saturated carbocycles. The van der Waals surface area contributed by atoms with E-state index in [-0.39, 0.29) is 18.5 Å². The lowest BCUT2D eigenvalue weighted by Crippen LogP contribution is -2.45. The number of carbonyl (C=O) groups excluding carboxylic acids is 2. The molecular formula is C73H141NO5. The molecule has 79 heavy (non-hydrogen) atoms. The van der Waals surface area contributed by atoms with Crippen LogP contribution in [0.5, 0.6) is 0 Å². The molecule has 0 fully saturated rings. The van der Waals surface area contributed by atoms with Gasteiger partial charge in [0.05, 0.1) is 25.4 Å². The molecule has 0 rings (SSSR count). The zero-order valence-corrected chi connectivity index (χ0v) is 53.6. The number of allylic oxidation sites excluding steroid dienone is 4. The Morgan fingerprint density at radius 1 is 0.354 bits per heavy atom. The number of aliphatic hydroxyl groups excluding tert-OH is 2. The molecule has 2 atom stereocenters. The Bertz CT molecular complexity index is 1230. The maximum Gasteiger partial charge on any atom is 0.305 e. The van der Waals surface area contributed by atoms with Crippen molar-refractivity contribution in [3.05, 3.63) is 24.3 Å². The Kier molecular flexibility index (Phi) is 67.4. The van der Waals surface area contributed by atoms with Crippen molar-refractivity contribution >= 4 is 11.9 Å². The summed E-state index contributed by atoms with van der Waals surface area (Å²) >= 11 is 0. The molecule has 0 bridgehead atoms. The molecule has 0 aliphatic heterocycles. The van der Waals surface area contributed by atoms with Gasteiger partial charge in [0.2, 0.25) is 5.91 Å². The third-order valence-electron chi connectivity index (χ3n) is 17.0. The molecule has 6 heteroatoms. The quantitative estimate of drug-likeness (QED) is 0.0320. The van der Waals surface area contributed by atoms with Crippen LogP contribution < -0.4 is 5.32 Å². The van der Waals surface area contributed by atoms with Gasteiger partial charge >= 0.3 is 5.97 Å². The lowest BCUT2D eigenvalue weighted by molar-refractivity contribution is -0.143. The van der Waals surface area contributed by atoms with E-state index >= 15 is 0 Å². The van der Waals surface area contributed by atoms with Crippen molar-refractivity contribution in [2.45, 2.75) is 418 Å². The monoisotopic (exact) mass is 1110 g/mol. The summed E-state index contributed by atoms with van der Waals surface area (Å²) in [5.41, 5.74) is 0. The fraction of sp³-hybridized carbons (Fsp3) is 0.918. The van der Waals surface area contributed by atoms with Crippen LogP contribution in [0.4, 0.5) is 0 Å². The zero-order valence-electron chi connectivity index (χ0n) is 53.6. The Labute approximate surface area is 494 Å². The molecule has 468 valence electrons. The Balaban J connectivity index is 3.36. The fourth-order valence-electron chi connectivity index (χ4n) is 11.5. The number of unbranched alkanes of at least 4 members (excludes halogenated alkanes) is 53. The highest BCUT2D eigenvalue weighted by molar-refractivity contribution is 5.76. The predicted molar refractivity (Wildman–Crippen MR) is 347 cm³/mol. The van der Waals surface area contributed by atoms with Gasteiger partial charge in [0.25, 0.3) is 0 Å². The Hall–Kier alpha value is -1.66. The average molecular weight is 1110 g/mol. The van der Waals surface area contributed by atoms with Gasteiger partial charge in [0, 0.05) is 12.8 Å². The number of ether oxygens (including phenoxy) is 1. The second-order valence-corrected chi connectivity index (χ2v) is 24.9. The average Bonchev–Trinajstić information content (AvgIpc) is 3.45. The number of aliphatic hydroxyl groups is 2. The van der Waals surface area contributed by atoms with E-state index in [9.17, 15) is 19.8 Å². The number of rotatable bonds is 68. The molecule has 3 N–H and O–H groups in total. The second-order valence-electron chi connectivity index (χ2n) is 24.9. The molecule has 0 aliphatic carbocycles. The van der Waals surface area contributed by atoms with E-state index < -0.39 is 12.1 Å². The van der Waals surface area contributed by atoms with Crippen molar-refractivity contribution in [1.29, 1.82) is 0 Å². The molecular weight excluding hydrogens is 971 g/mol. The third-order valence-corrected chi connectivity index (χ3v) is 17.0. The van der Waals surface area contributed by atoms with Crippen LogP contribution in [-0.2, 0) is 14.3 Å². The van der Waals surface area contributed by atoms with E-state index in [0.717, 1.165) is 51.4 Å². The highest BCUT2D eigenvalue weighted by atomic mass is 16.5. The van der Waals surface area contributed by atoms with Crippen LogP contribution in [0.1, 0.15) is 406 Å². The molecule has 0 aromatic rings. The van der Waals surface area contributed by atoms with Crippen LogP contribution in [-0.4, -0.2) is 47.4 Å². The van der Waals surface area contributed by atoms with Crippen LogP contribution in [0, 0.1) is 0 Å². The lowest BCUT2D eigenvalue weighted by atomic mass is 10.0. The molecule has 1 amide bonds. The summed E-state index contributed by atoms with van der Waals surface area (Å²) in [6.07, 6.45) is 86.5.